The van der Waals surface area contributed by atoms with Crippen molar-refractivity contribution in [2.24, 2.45) is 5.41 Å². The van der Waals surface area contributed by atoms with Gasteiger partial charge in [-0.15, -0.1) is 11.8 Å². The van der Waals surface area contributed by atoms with Crippen molar-refractivity contribution in [2.45, 2.75) is 24.8 Å². The zero-order chi connectivity index (χ0) is 15.9. The largest absolute Gasteiger partial charge is 0.481 e. The molecule has 1 aromatic rings. The monoisotopic (exact) mass is 342 g/mol. The maximum absolute atomic E-state index is 12.1. The van der Waals surface area contributed by atoms with E-state index in [2.05, 4.69) is 14.1 Å². The first-order valence-electron chi connectivity index (χ1n) is 6.62. The molecule has 3 rings (SSSR count). The molecule has 0 aliphatic carbocycles. The molecule has 22 heavy (non-hydrogen) atoms. The number of nitrogens with zero attached hydrogens (tertiary/aromatic N) is 3. The van der Waals surface area contributed by atoms with Gasteiger partial charge < -0.3 is 15.3 Å². The molecule has 2 saturated heterocycles. The molecule has 0 radical (unpaired) electrons. The van der Waals surface area contributed by atoms with Crippen LogP contribution in [0.4, 0.5) is 0 Å². The predicted octanol–water partition coefficient (Wildman–Crippen LogP) is -0.429. The summed E-state index contributed by atoms with van der Waals surface area (Å²) in [5, 5.41) is 11.7. The van der Waals surface area contributed by atoms with Crippen LogP contribution in [-0.4, -0.2) is 60.3 Å². The van der Waals surface area contributed by atoms with Crippen LogP contribution in [0.3, 0.4) is 0 Å². The minimum atomic E-state index is -0.932. The quantitative estimate of drug-likeness (QED) is 0.714. The second kappa shape index (κ2) is 5.51. The van der Waals surface area contributed by atoms with Gasteiger partial charge in [0.15, 0.2) is 0 Å². The number of β-lactam (4-membered cyclic amide) rings is 1. The molecule has 118 valence electrons. The van der Waals surface area contributed by atoms with Crippen molar-refractivity contribution in [3.05, 3.63) is 11.9 Å². The van der Waals surface area contributed by atoms with E-state index in [0.29, 0.717) is 11.4 Å². The number of hydrogen-bond donors (Lipinski definition) is 2. The summed E-state index contributed by atoms with van der Waals surface area (Å²) >= 11 is 2.42. The van der Waals surface area contributed by atoms with Gasteiger partial charge in [-0.25, -0.2) is 0 Å². The Labute approximate surface area is 134 Å². The molecule has 3 atom stereocenters. The maximum Gasteiger partial charge on any atom is 0.312 e. The first-order chi connectivity index (χ1) is 10.4. The van der Waals surface area contributed by atoms with Gasteiger partial charge in [0.1, 0.15) is 11.4 Å². The molecule has 0 bridgehead atoms. The van der Waals surface area contributed by atoms with E-state index in [-0.39, 0.29) is 30.2 Å². The maximum atomic E-state index is 12.1. The van der Waals surface area contributed by atoms with Gasteiger partial charge in [-0.05, 0) is 6.92 Å². The number of carbonyl (C=O) groups excluding carboxylic acids is 2. The van der Waals surface area contributed by atoms with Crippen LogP contribution in [0.5, 0.6) is 0 Å². The van der Waals surface area contributed by atoms with Gasteiger partial charge >= 0.3 is 5.97 Å². The summed E-state index contributed by atoms with van der Waals surface area (Å²) in [6, 6.07) is -0.581. The van der Waals surface area contributed by atoms with Crippen LogP contribution in [0.15, 0.2) is 6.20 Å². The Morgan fingerprint density at radius 3 is 3.00 bits per heavy atom. The normalized spacial score (nSPS) is 30.4. The smallest absolute Gasteiger partial charge is 0.312 e. The molecule has 2 aliphatic rings. The van der Waals surface area contributed by atoms with E-state index >= 15 is 0 Å². The highest BCUT2D eigenvalue weighted by Crippen LogP contribution is 2.41. The summed E-state index contributed by atoms with van der Waals surface area (Å²) in [6.07, 6.45) is 1.61. The summed E-state index contributed by atoms with van der Waals surface area (Å²) in [7, 11) is 0. The predicted molar refractivity (Wildman–Crippen MR) is 79.2 cm³/mol. The van der Waals surface area contributed by atoms with Crippen molar-refractivity contribution < 1.29 is 19.5 Å². The number of carbonyl (C=O) groups is 3. The van der Waals surface area contributed by atoms with Crippen LogP contribution >= 0.6 is 23.5 Å². The van der Waals surface area contributed by atoms with Crippen molar-refractivity contribution in [1.29, 1.82) is 0 Å². The molecule has 2 unspecified atom stereocenters. The Hall–Kier alpha value is -1.68. The molecule has 2 amide bonds. The Morgan fingerprint density at radius 1 is 1.59 bits per heavy atom. The number of aliphatic carboxylic acids is 1. The Morgan fingerprint density at radius 2 is 2.36 bits per heavy atom. The molecular weight excluding hydrogens is 328 g/mol. The third kappa shape index (κ3) is 2.56. The van der Waals surface area contributed by atoms with Crippen LogP contribution in [0.2, 0.25) is 0 Å². The highest BCUT2D eigenvalue weighted by Gasteiger charge is 2.55. The Balaban J connectivity index is 1.59. The van der Waals surface area contributed by atoms with Crippen LogP contribution in [0, 0.1) is 5.41 Å². The molecular formula is C12H14N4O4S2. The first-order valence-corrected chi connectivity index (χ1v) is 8.40. The van der Waals surface area contributed by atoms with Gasteiger partial charge in [-0.1, -0.05) is 0 Å². The molecule has 2 N–H and O–H groups in total. The number of fused-ring (bicyclic) bond motifs is 1. The Kier molecular flexibility index (Phi) is 3.81. The summed E-state index contributed by atoms with van der Waals surface area (Å²) in [5.41, 5.74) is -0.362. The van der Waals surface area contributed by atoms with E-state index in [1.54, 1.807) is 6.92 Å². The van der Waals surface area contributed by atoms with E-state index in [1.807, 2.05) is 0 Å². The van der Waals surface area contributed by atoms with E-state index in [4.69, 9.17) is 0 Å². The fourth-order valence-corrected chi connectivity index (χ4v) is 4.40. The van der Waals surface area contributed by atoms with E-state index in [1.165, 1.54) is 22.9 Å². The third-order valence-electron chi connectivity index (χ3n) is 3.81. The lowest BCUT2D eigenvalue weighted by molar-refractivity contribution is -0.157. The third-order valence-corrected chi connectivity index (χ3v) is 6.00. The van der Waals surface area contributed by atoms with Crippen molar-refractivity contribution >= 4 is 41.3 Å². The zero-order valence-corrected chi connectivity index (χ0v) is 13.3. The van der Waals surface area contributed by atoms with Crippen LogP contribution in [-0.2, 0) is 20.8 Å². The van der Waals surface area contributed by atoms with Gasteiger partial charge in [0.05, 0.1) is 35.5 Å². The highest BCUT2D eigenvalue weighted by molar-refractivity contribution is 8.00. The number of hydrogen-bond acceptors (Lipinski definition) is 7. The van der Waals surface area contributed by atoms with Crippen LogP contribution in [0.25, 0.3) is 0 Å². The van der Waals surface area contributed by atoms with Crippen molar-refractivity contribution in [1.82, 2.24) is 19.0 Å². The molecule has 2 aliphatic heterocycles. The van der Waals surface area contributed by atoms with Gasteiger partial charge in [-0.3, -0.25) is 14.4 Å². The molecule has 3 heterocycles. The van der Waals surface area contributed by atoms with Gasteiger partial charge in [0, 0.05) is 12.3 Å². The van der Waals surface area contributed by atoms with Gasteiger partial charge in [0.2, 0.25) is 11.8 Å². The van der Waals surface area contributed by atoms with E-state index < -0.39 is 17.4 Å². The van der Waals surface area contributed by atoms with Crippen molar-refractivity contribution in [3.8, 4) is 0 Å². The van der Waals surface area contributed by atoms with E-state index in [0.717, 1.165) is 11.7 Å². The molecule has 0 saturated carbocycles. The average molecular weight is 342 g/mol. The fourth-order valence-electron chi connectivity index (χ4n) is 2.48. The number of aromatic nitrogens is 2. The summed E-state index contributed by atoms with van der Waals surface area (Å²) < 4.78 is 7.77. The standard InChI is InChI=1S/C12H14N4O4S2/c1-12(11(19)20)4-16-9(18)8(10(16)21-5-12)14-7(17)2-6-3-13-22-15-6/h3,8,10H,2,4-5H2,1H3,(H,14,17)(H,19,20)/t8?,10-,12?/m1/s1. The number of carboxylic acids is 1. The first kappa shape index (κ1) is 15.2. The minimum Gasteiger partial charge on any atom is -0.481 e. The lowest BCUT2D eigenvalue weighted by Gasteiger charge is -2.53. The van der Waals surface area contributed by atoms with Gasteiger partial charge in [-0.2, -0.15) is 8.75 Å². The molecule has 2 fully saturated rings. The second-order valence-corrected chi connectivity index (χ2v) is 7.32. The Bertz CT molecular complexity index is 623. The van der Waals surface area contributed by atoms with E-state index in [9.17, 15) is 19.5 Å². The van der Waals surface area contributed by atoms with Crippen LogP contribution in [0.1, 0.15) is 12.6 Å². The van der Waals surface area contributed by atoms with Crippen molar-refractivity contribution in [2.75, 3.05) is 12.3 Å². The molecule has 10 heteroatoms. The average Bonchev–Trinajstić information content (AvgIpc) is 2.97. The molecule has 1 aromatic heterocycles. The summed E-state index contributed by atoms with van der Waals surface area (Å²) in [6.45, 7) is 1.81. The van der Waals surface area contributed by atoms with Crippen LogP contribution < -0.4 is 5.32 Å². The number of rotatable bonds is 4. The lowest BCUT2D eigenvalue weighted by atomic mass is 9.89. The molecule has 0 spiro atoms. The zero-order valence-electron chi connectivity index (χ0n) is 11.7. The lowest BCUT2D eigenvalue weighted by Crippen LogP contribution is -2.73. The number of carboxylic acid groups (broad SMARTS) is 1. The SMILES string of the molecule is CC1(C(=O)O)CS[C@@H]2C(NC(=O)Cc3cnsn3)C(=O)N2C1. The van der Waals surface area contributed by atoms with Gasteiger partial charge in [0.25, 0.3) is 0 Å². The molecule has 0 aromatic carbocycles. The highest BCUT2D eigenvalue weighted by atomic mass is 32.2. The number of thioether (sulfide) groups is 1. The number of nitrogens with one attached hydrogen (secondary N) is 1. The van der Waals surface area contributed by atoms with Crippen molar-refractivity contribution in [3.63, 3.8) is 0 Å². The minimum absolute atomic E-state index is 0.0878. The summed E-state index contributed by atoms with van der Waals surface area (Å²) in [5.74, 6) is -0.999. The second-order valence-electron chi connectivity index (χ2n) is 5.65. The summed E-state index contributed by atoms with van der Waals surface area (Å²) in [4.78, 5) is 36.8. The molecule has 8 nitrogen and oxygen atoms in total. The topological polar surface area (TPSA) is 112 Å². The number of amides is 2. The fraction of sp³-hybridized carbons (Fsp3) is 0.583.